The summed E-state index contributed by atoms with van der Waals surface area (Å²) >= 11 is 1.65. The largest absolute Gasteiger partial charge is 0.394 e. The zero-order valence-corrected chi connectivity index (χ0v) is 14.6. The Morgan fingerprint density at radius 2 is 2.20 bits per heavy atom. The van der Waals surface area contributed by atoms with E-state index in [1.807, 2.05) is 10.9 Å². The lowest BCUT2D eigenvalue weighted by Gasteiger charge is -2.23. The Balaban J connectivity index is 1.65. The summed E-state index contributed by atoms with van der Waals surface area (Å²) in [5, 5.41) is 17.3. The third-order valence-electron chi connectivity index (χ3n) is 4.93. The minimum atomic E-state index is 0.101. The third-order valence-corrected chi connectivity index (χ3v) is 5.60. The Bertz CT molecular complexity index is 888. The van der Waals surface area contributed by atoms with Crippen LogP contribution in [0.3, 0.4) is 0 Å². The van der Waals surface area contributed by atoms with Crippen molar-refractivity contribution in [1.29, 1.82) is 0 Å². The standard InChI is InChI=1S/C17H20N6OS/c24-8-12-2-1-6-22(12)17-20-15(19-11-3-4-11)14-16(21-17)23(10-18-14)13-5-7-25-9-13/h5,7,9-12,24H,1-4,6,8H2,(H,19,20,21). The first-order valence-electron chi connectivity index (χ1n) is 8.75. The molecule has 1 aliphatic heterocycles. The molecule has 1 aliphatic carbocycles. The monoisotopic (exact) mass is 356 g/mol. The second-order valence-corrected chi connectivity index (χ2v) is 7.51. The molecule has 0 aromatic carbocycles. The molecule has 3 aromatic heterocycles. The van der Waals surface area contributed by atoms with Gasteiger partial charge in [-0.1, -0.05) is 0 Å². The summed E-state index contributed by atoms with van der Waals surface area (Å²) in [6, 6.07) is 2.65. The summed E-state index contributed by atoms with van der Waals surface area (Å²) in [5.41, 5.74) is 2.69. The molecule has 4 heterocycles. The van der Waals surface area contributed by atoms with E-state index in [4.69, 9.17) is 9.97 Å². The number of aromatic nitrogens is 4. The van der Waals surface area contributed by atoms with Crippen LogP contribution in [0.1, 0.15) is 25.7 Å². The van der Waals surface area contributed by atoms with Crippen LogP contribution in [-0.4, -0.2) is 49.9 Å². The number of imidazole rings is 1. The molecule has 0 bridgehead atoms. The molecule has 1 atom stereocenters. The molecule has 1 saturated heterocycles. The van der Waals surface area contributed by atoms with Crippen LogP contribution in [0.15, 0.2) is 23.2 Å². The second-order valence-electron chi connectivity index (χ2n) is 6.73. The van der Waals surface area contributed by atoms with Gasteiger partial charge in [0.05, 0.1) is 18.3 Å². The van der Waals surface area contributed by atoms with Gasteiger partial charge in [-0.25, -0.2) is 4.98 Å². The highest BCUT2D eigenvalue weighted by Gasteiger charge is 2.29. The van der Waals surface area contributed by atoms with Gasteiger partial charge in [0.15, 0.2) is 17.0 Å². The zero-order chi connectivity index (χ0) is 16.8. The van der Waals surface area contributed by atoms with E-state index < -0.39 is 0 Å². The Morgan fingerprint density at radius 3 is 2.96 bits per heavy atom. The Morgan fingerprint density at radius 1 is 1.28 bits per heavy atom. The van der Waals surface area contributed by atoms with E-state index >= 15 is 0 Å². The molecule has 2 N–H and O–H groups in total. The fourth-order valence-corrected chi connectivity index (χ4v) is 4.04. The first-order valence-corrected chi connectivity index (χ1v) is 9.69. The highest BCUT2D eigenvalue weighted by atomic mass is 32.1. The number of thiophene rings is 1. The maximum atomic E-state index is 9.67. The van der Waals surface area contributed by atoms with Crippen LogP contribution >= 0.6 is 11.3 Å². The first-order chi connectivity index (χ1) is 12.3. The quantitative estimate of drug-likeness (QED) is 0.731. The van der Waals surface area contributed by atoms with Crippen molar-refractivity contribution >= 4 is 34.3 Å². The van der Waals surface area contributed by atoms with Crippen LogP contribution in [0.4, 0.5) is 11.8 Å². The van der Waals surface area contributed by atoms with Crippen molar-refractivity contribution in [1.82, 2.24) is 19.5 Å². The molecule has 25 heavy (non-hydrogen) atoms. The maximum Gasteiger partial charge on any atom is 0.229 e. The molecule has 1 saturated carbocycles. The summed E-state index contributed by atoms with van der Waals surface area (Å²) in [6.07, 6.45) is 6.20. The van der Waals surface area contributed by atoms with Gasteiger partial charge in [-0.2, -0.15) is 21.3 Å². The molecule has 0 radical (unpaired) electrons. The highest BCUT2D eigenvalue weighted by Crippen LogP contribution is 2.32. The average Bonchev–Trinajstić information content (AvgIpc) is 3.08. The summed E-state index contributed by atoms with van der Waals surface area (Å²) in [5.74, 6) is 1.49. The van der Waals surface area contributed by atoms with E-state index in [9.17, 15) is 5.11 Å². The zero-order valence-electron chi connectivity index (χ0n) is 13.8. The number of aliphatic hydroxyl groups is 1. The number of fused-ring (bicyclic) bond motifs is 1. The van der Waals surface area contributed by atoms with Crippen LogP contribution in [0.25, 0.3) is 16.9 Å². The van der Waals surface area contributed by atoms with Crippen LogP contribution in [0.5, 0.6) is 0 Å². The number of aliphatic hydroxyl groups excluding tert-OH is 1. The number of hydrogen-bond donors (Lipinski definition) is 2. The van der Waals surface area contributed by atoms with Gasteiger partial charge >= 0.3 is 0 Å². The van der Waals surface area contributed by atoms with Crippen molar-refractivity contribution in [2.75, 3.05) is 23.4 Å². The lowest BCUT2D eigenvalue weighted by molar-refractivity contribution is 0.265. The van der Waals surface area contributed by atoms with Gasteiger partial charge in [-0.3, -0.25) is 4.57 Å². The minimum Gasteiger partial charge on any atom is -0.394 e. The summed E-state index contributed by atoms with van der Waals surface area (Å²) in [6.45, 7) is 1.02. The summed E-state index contributed by atoms with van der Waals surface area (Å²) < 4.78 is 2.01. The predicted molar refractivity (Wildman–Crippen MR) is 98.6 cm³/mol. The SMILES string of the molecule is OCC1CCCN1c1nc(NC2CC2)c2ncn(-c3ccsc3)c2n1. The lowest BCUT2D eigenvalue weighted by Crippen LogP contribution is -2.33. The Hall–Kier alpha value is -2.19. The van der Waals surface area contributed by atoms with Crippen molar-refractivity contribution in [3.63, 3.8) is 0 Å². The normalized spacial score (nSPS) is 20.5. The third kappa shape index (κ3) is 2.65. The van der Waals surface area contributed by atoms with E-state index in [1.54, 1.807) is 11.3 Å². The fourth-order valence-electron chi connectivity index (χ4n) is 3.41. The van der Waals surface area contributed by atoms with Crippen molar-refractivity contribution in [3.05, 3.63) is 23.2 Å². The first kappa shape index (κ1) is 15.1. The molecular formula is C17H20N6OS. The van der Waals surface area contributed by atoms with Gasteiger partial charge in [0.2, 0.25) is 5.95 Å². The summed E-state index contributed by atoms with van der Waals surface area (Å²) in [7, 11) is 0. The van der Waals surface area contributed by atoms with Gasteiger partial charge < -0.3 is 15.3 Å². The molecule has 0 spiro atoms. The van der Waals surface area contributed by atoms with E-state index in [1.165, 1.54) is 12.8 Å². The van der Waals surface area contributed by atoms with Gasteiger partial charge in [0, 0.05) is 18.0 Å². The van der Waals surface area contributed by atoms with Crippen molar-refractivity contribution in [3.8, 4) is 5.69 Å². The molecular weight excluding hydrogens is 336 g/mol. The van der Waals surface area contributed by atoms with Gasteiger partial charge in [0.25, 0.3) is 0 Å². The van der Waals surface area contributed by atoms with Crippen molar-refractivity contribution in [2.24, 2.45) is 0 Å². The van der Waals surface area contributed by atoms with Crippen LogP contribution in [0, 0.1) is 0 Å². The van der Waals surface area contributed by atoms with Crippen LogP contribution in [0.2, 0.25) is 0 Å². The van der Waals surface area contributed by atoms with E-state index in [2.05, 4.69) is 32.0 Å². The maximum absolute atomic E-state index is 9.67. The topological polar surface area (TPSA) is 79.1 Å². The molecule has 5 rings (SSSR count). The van der Waals surface area contributed by atoms with Gasteiger partial charge in [0.1, 0.15) is 6.33 Å². The average molecular weight is 356 g/mol. The van der Waals surface area contributed by atoms with E-state index in [0.717, 1.165) is 42.1 Å². The van der Waals surface area contributed by atoms with Crippen molar-refractivity contribution < 1.29 is 5.11 Å². The van der Waals surface area contributed by atoms with Gasteiger partial charge in [-0.05, 0) is 37.1 Å². The number of anilines is 2. The summed E-state index contributed by atoms with van der Waals surface area (Å²) in [4.78, 5) is 16.3. The van der Waals surface area contributed by atoms with Gasteiger partial charge in [-0.15, -0.1) is 0 Å². The minimum absolute atomic E-state index is 0.101. The van der Waals surface area contributed by atoms with Crippen LogP contribution in [-0.2, 0) is 0 Å². The van der Waals surface area contributed by atoms with E-state index in [-0.39, 0.29) is 12.6 Å². The molecule has 2 fully saturated rings. The number of nitrogens with zero attached hydrogens (tertiary/aromatic N) is 5. The smallest absolute Gasteiger partial charge is 0.229 e. The molecule has 7 nitrogen and oxygen atoms in total. The molecule has 0 amide bonds. The van der Waals surface area contributed by atoms with Crippen LogP contribution < -0.4 is 10.2 Å². The molecule has 130 valence electrons. The lowest BCUT2D eigenvalue weighted by atomic mass is 10.2. The Kier molecular flexibility index (Phi) is 3.60. The molecule has 1 unspecified atom stereocenters. The number of nitrogens with one attached hydrogen (secondary N) is 1. The predicted octanol–water partition coefficient (Wildman–Crippen LogP) is 2.41. The second kappa shape index (κ2) is 5.96. The van der Waals surface area contributed by atoms with E-state index in [0.29, 0.717) is 12.0 Å². The number of rotatable bonds is 5. The Labute approximate surface area is 149 Å². The molecule has 3 aromatic rings. The molecule has 2 aliphatic rings. The highest BCUT2D eigenvalue weighted by molar-refractivity contribution is 7.08. The molecule has 8 heteroatoms. The fraction of sp³-hybridized carbons (Fsp3) is 0.471. The van der Waals surface area contributed by atoms with Crippen molar-refractivity contribution in [2.45, 2.75) is 37.8 Å². The number of hydrogen-bond acceptors (Lipinski definition) is 7.